The lowest BCUT2D eigenvalue weighted by atomic mass is 9.89. The summed E-state index contributed by atoms with van der Waals surface area (Å²) < 4.78 is 30.6. The highest BCUT2D eigenvalue weighted by Gasteiger charge is 2.21. The molecular formula is C24H26BN5O3S. The summed E-state index contributed by atoms with van der Waals surface area (Å²) in [4.78, 5) is 9.24. The molecule has 2 aromatic carbocycles. The van der Waals surface area contributed by atoms with Gasteiger partial charge in [-0.3, -0.25) is 0 Å². The fourth-order valence-electron chi connectivity index (χ4n) is 3.60. The van der Waals surface area contributed by atoms with E-state index >= 15 is 0 Å². The fourth-order valence-corrected chi connectivity index (χ4v) is 4.75. The summed E-state index contributed by atoms with van der Waals surface area (Å²) in [6.45, 7) is 4.12. The molecule has 2 aromatic heterocycles. The van der Waals surface area contributed by atoms with Gasteiger partial charge in [0.05, 0.1) is 22.0 Å². The standard InChI is InChI=1S/C24H26BN5O3S/c1-14(2)34(31,32)17-8-9-18(19(25)10-17)21-13-28-24(26)23(29-21)22-11-20(30-33-22)16-6-4-15(5-7-16)12-27-3/h4-11,13-14,27H,12,25H2,1-3H3,(H2,26,28). The first-order valence-corrected chi connectivity index (χ1v) is 12.4. The van der Waals surface area contributed by atoms with E-state index in [0.717, 1.165) is 23.1 Å². The lowest BCUT2D eigenvalue weighted by Gasteiger charge is -2.12. The Morgan fingerprint density at radius 2 is 1.82 bits per heavy atom. The molecule has 4 rings (SSSR count). The Bertz CT molecular complexity index is 1430. The third kappa shape index (κ3) is 4.60. The monoisotopic (exact) mass is 475 g/mol. The van der Waals surface area contributed by atoms with Crippen LogP contribution < -0.4 is 16.5 Å². The van der Waals surface area contributed by atoms with Crippen LogP contribution in [0, 0.1) is 0 Å². The molecular weight excluding hydrogens is 449 g/mol. The van der Waals surface area contributed by atoms with Crippen LogP contribution in [0.4, 0.5) is 5.82 Å². The lowest BCUT2D eigenvalue weighted by molar-refractivity contribution is 0.434. The van der Waals surface area contributed by atoms with E-state index in [9.17, 15) is 8.42 Å². The van der Waals surface area contributed by atoms with E-state index in [0.29, 0.717) is 22.8 Å². The van der Waals surface area contributed by atoms with Crippen molar-refractivity contribution < 1.29 is 12.9 Å². The largest absolute Gasteiger partial charge is 0.382 e. The molecule has 34 heavy (non-hydrogen) atoms. The van der Waals surface area contributed by atoms with Crippen LogP contribution in [0.25, 0.3) is 34.0 Å². The zero-order valence-electron chi connectivity index (χ0n) is 19.5. The second-order valence-electron chi connectivity index (χ2n) is 8.36. The zero-order chi connectivity index (χ0) is 24.5. The van der Waals surface area contributed by atoms with E-state index in [1.807, 2.05) is 39.2 Å². The Hall–Kier alpha value is -3.50. The second-order valence-corrected chi connectivity index (χ2v) is 10.9. The van der Waals surface area contributed by atoms with Gasteiger partial charge in [0, 0.05) is 18.2 Å². The molecule has 0 amide bonds. The van der Waals surface area contributed by atoms with Gasteiger partial charge >= 0.3 is 0 Å². The molecule has 174 valence electrons. The van der Waals surface area contributed by atoms with Gasteiger partial charge in [0.15, 0.2) is 27.1 Å². The molecule has 0 bridgehead atoms. The molecule has 0 aliphatic heterocycles. The second kappa shape index (κ2) is 9.40. The third-order valence-electron chi connectivity index (χ3n) is 5.60. The molecule has 0 unspecified atom stereocenters. The van der Waals surface area contributed by atoms with E-state index in [1.165, 1.54) is 5.56 Å². The highest BCUT2D eigenvalue weighted by Crippen LogP contribution is 2.29. The zero-order valence-corrected chi connectivity index (χ0v) is 20.3. The number of nitrogen functional groups attached to an aromatic ring is 1. The summed E-state index contributed by atoms with van der Waals surface area (Å²) in [7, 11) is 0.379. The molecule has 0 saturated carbocycles. The molecule has 0 saturated heterocycles. The minimum absolute atomic E-state index is 0.215. The van der Waals surface area contributed by atoms with E-state index in [4.69, 9.17) is 10.3 Å². The van der Waals surface area contributed by atoms with Crippen molar-refractivity contribution in [3.63, 3.8) is 0 Å². The van der Waals surface area contributed by atoms with Crippen LogP contribution in [0.2, 0.25) is 0 Å². The summed E-state index contributed by atoms with van der Waals surface area (Å²) in [6, 6.07) is 14.8. The summed E-state index contributed by atoms with van der Waals surface area (Å²) in [5.74, 6) is 0.616. The summed E-state index contributed by atoms with van der Waals surface area (Å²) >= 11 is 0. The van der Waals surface area contributed by atoms with Gasteiger partial charge in [0.1, 0.15) is 13.5 Å². The number of nitrogens with zero attached hydrogens (tertiary/aromatic N) is 3. The predicted molar refractivity (Wildman–Crippen MR) is 136 cm³/mol. The fraction of sp³-hybridized carbons (Fsp3) is 0.208. The molecule has 0 radical (unpaired) electrons. The molecule has 3 N–H and O–H groups in total. The number of rotatable bonds is 7. The molecule has 0 spiro atoms. The maximum absolute atomic E-state index is 12.5. The number of aromatic nitrogens is 3. The molecule has 4 aromatic rings. The van der Waals surface area contributed by atoms with E-state index in [2.05, 4.69) is 20.4 Å². The average Bonchev–Trinajstić information content (AvgIpc) is 3.30. The Balaban J connectivity index is 1.67. The normalized spacial score (nSPS) is 11.8. The molecule has 0 aliphatic rings. The van der Waals surface area contributed by atoms with Crippen molar-refractivity contribution in [1.29, 1.82) is 0 Å². The van der Waals surface area contributed by atoms with E-state index in [1.54, 1.807) is 44.3 Å². The SMILES string of the molecule is Bc1cc(S(=O)(=O)C(C)C)ccc1-c1cnc(N)c(-c2cc(-c3ccc(CNC)cc3)no2)n1. The molecule has 10 heteroatoms. The van der Waals surface area contributed by atoms with Crippen LogP contribution in [-0.4, -0.2) is 43.7 Å². The van der Waals surface area contributed by atoms with Crippen LogP contribution in [-0.2, 0) is 16.4 Å². The Morgan fingerprint density at radius 3 is 2.47 bits per heavy atom. The molecule has 0 atom stereocenters. The number of nitrogens with one attached hydrogen (secondary N) is 1. The number of hydrogen-bond acceptors (Lipinski definition) is 8. The van der Waals surface area contributed by atoms with Crippen molar-refractivity contribution in [2.45, 2.75) is 30.5 Å². The molecule has 8 nitrogen and oxygen atoms in total. The predicted octanol–water partition coefficient (Wildman–Crippen LogP) is 2.21. The summed E-state index contributed by atoms with van der Waals surface area (Å²) in [6.07, 6.45) is 1.57. The first-order chi connectivity index (χ1) is 16.2. The molecule has 0 fully saturated rings. The Morgan fingerprint density at radius 1 is 1.09 bits per heavy atom. The topological polar surface area (TPSA) is 124 Å². The molecule has 2 heterocycles. The van der Waals surface area contributed by atoms with Gasteiger partial charge in [0.2, 0.25) is 0 Å². The first-order valence-electron chi connectivity index (χ1n) is 10.9. The van der Waals surface area contributed by atoms with Crippen LogP contribution in [0.15, 0.2) is 64.1 Å². The smallest absolute Gasteiger partial charge is 0.189 e. The van der Waals surface area contributed by atoms with Gasteiger partial charge in [-0.05, 0) is 44.2 Å². The number of hydrogen-bond donors (Lipinski definition) is 2. The average molecular weight is 475 g/mol. The van der Waals surface area contributed by atoms with Crippen LogP contribution >= 0.6 is 0 Å². The van der Waals surface area contributed by atoms with Crippen molar-refractivity contribution >= 4 is 29.0 Å². The summed E-state index contributed by atoms with van der Waals surface area (Å²) in [5.41, 5.74) is 11.3. The van der Waals surface area contributed by atoms with Crippen LogP contribution in [0.5, 0.6) is 0 Å². The Kier molecular flexibility index (Phi) is 6.54. The summed E-state index contributed by atoms with van der Waals surface area (Å²) in [5, 5.41) is 6.79. The maximum Gasteiger partial charge on any atom is 0.189 e. The van der Waals surface area contributed by atoms with Crippen molar-refractivity contribution in [3.8, 4) is 34.0 Å². The first kappa shape index (κ1) is 23.7. The van der Waals surface area contributed by atoms with Crippen LogP contribution in [0.1, 0.15) is 19.4 Å². The minimum atomic E-state index is -3.37. The maximum atomic E-state index is 12.5. The number of nitrogens with two attached hydrogens (primary N) is 1. The van der Waals surface area contributed by atoms with Gasteiger partial charge in [0.25, 0.3) is 0 Å². The van der Waals surface area contributed by atoms with Gasteiger partial charge in [-0.2, -0.15) is 0 Å². The van der Waals surface area contributed by atoms with Gasteiger partial charge in [-0.1, -0.05) is 41.0 Å². The highest BCUT2D eigenvalue weighted by atomic mass is 32.2. The Labute approximate surface area is 199 Å². The van der Waals surface area contributed by atoms with Crippen molar-refractivity contribution in [2.75, 3.05) is 12.8 Å². The number of sulfone groups is 1. The molecule has 0 aliphatic carbocycles. The van der Waals surface area contributed by atoms with Gasteiger partial charge in [-0.25, -0.2) is 18.4 Å². The van der Waals surface area contributed by atoms with Crippen LogP contribution in [0.3, 0.4) is 0 Å². The van der Waals surface area contributed by atoms with Crippen molar-refractivity contribution in [2.24, 2.45) is 0 Å². The number of anilines is 1. The van der Waals surface area contributed by atoms with Crippen molar-refractivity contribution in [3.05, 3.63) is 60.3 Å². The van der Waals surface area contributed by atoms with Gasteiger partial charge in [-0.15, -0.1) is 0 Å². The van der Waals surface area contributed by atoms with Gasteiger partial charge < -0.3 is 15.6 Å². The minimum Gasteiger partial charge on any atom is -0.382 e. The van der Waals surface area contributed by atoms with E-state index < -0.39 is 15.1 Å². The van der Waals surface area contributed by atoms with Crippen molar-refractivity contribution in [1.82, 2.24) is 20.4 Å². The third-order valence-corrected chi connectivity index (χ3v) is 7.75. The quantitative estimate of drug-likeness (QED) is 0.390. The number of benzene rings is 2. The lowest BCUT2D eigenvalue weighted by Crippen LogP contribution is -2.17. The van der Waals surface area contributed by atoms with E-state index in [-0.39, 0.29) is 10.7 Å². The highest BCUT2D eigenvalue weighted by molar-refractivity contribution is 7.92.